The molecular formula is C12H11ClNO4-. The number of carbonyl (C=O) groups is 2. The predicted molar refractivity (Wildman–Crippen MR) is 63.5 cm³/mol. The zero-order valence-corrected chi connectivity index (χ0v) is 10.3. The Morgan fingerprint density at radius 2 is 2.28 bits per heavy atom. The van der Waals surface area contributed by atoms with Gasteiger partial charge in [0.2, 0.25) is 0 Å². The number of aliphatic carboxylic acids is 1. The van der Waals surface area contributed by atoms with Crippen LogP contribution in [-0.4, -0.2) is 25.0 Å². The normalized spacial score (nSPS) is 14.1. The van der Waals surface area contributed by atoms with E-state index in [1.807, 2.05) is 0 Å². The van der Waals surface area contributed by atoms with E-state index in [1.54, 1.807) is 18.2 Å². The summed E-state index contributed by atoms with van der Waals surface area (Å²) in [6.45, 7) is 0.267. The van der Waals surface area contributed by atoms with Gasteiger partial charge in [-0.3, -0.25) is 4.79 Å². The van der Waals surface area contributed by atoms with Crippen LogP contribution in [0, 0.1) is 0 Å². The SMILES string of the molecule is O=C([O-])CCCN1C(=O)COc2ccc(Cl)cc21. The van der Waals surface area contributed by atoms with Crippen LogP contribution in [-0.2, 0) is 9.59 Å². The molecule has 0 N–H and O–H groups in total. The first-order valence-electron chi connectivity index (χ1n) is 5.50. The van der Waals surface area contributed by atoms with Gasteiger partial charge in [0.15, 0.2) is 6.61 Å². The van der Waals surface area contributed by atoms with Gasteiger partial charge in [0.05, 0.1) is 5.69 Å². The Kier molecular flexibility index (Phi) is 3.72. The lowest BCUT2D eigenvalue weighted by Crippen LogP contribution is -2.39. The van der Waals surface area contributed by atoms with Gasteiger partial charge in [-0.1, -0.05) is 11.6 Å². The molecule has 0 saturated carbocycles. The molecular weight excluding hydrogens is 258 g/mol. The Labute approximate surface area is 109 Å². The highest BCUT2D eigenvalue weighted by atomic mass is 35.5. The van der Waals surface area contributed by atoms with Crippen LogP contribution in [0.2, 0.25) is 5.02 Å². The van der Waals surface area contributed by atoms with Crippen molar-refractivity contribution in [2.24, 2.45) is 0 Å². The maximum atomic E-state index is 11.7. The summed E-state index contributed by atoms with van der Waals surface area (Å²) in [4.78, 5) is 23.6. The van der Waals surface area contributed by atoms with E-state index in [4.69, 9.17) is 16.3 Å². The second-order valence-electron chi connectivity index (χ2n) is 3.92. The van der Waals surface area contributed by atoms with Crippen LogP contribution in [0.15, 0.2) is 18.2 Å². The molecule has 1 aliphatic heterocycles. The summed E-state index contributed by atoms with van der Waals surface area (Å²) in [6, 6.07) is 5.00. The lowest BCUT2D eigenvalue weighted by atomic mass is 10.2. The van der Waals surface area contributed by atoms with Gasteiger partial charge in [-0.15, -0.1) is 0 Å². The maximum absolute atomic E-state index is 11.7. The topological polar surface area (TPSA) is 69.7 Å². The fourth-order valence-corrected chi connectivity index (χ4v) is 1.97. The predicted octanol–water partition coefficient (Wildman–Crippen LogP) is 0.596. The number of halogens is 1. The van der Waals surface area contributed by atoms with Crippen LogP contribution in [0.4, 0.5) is 5.69 Å². The quantitative estimate of drug-likeness (QED) is 0.802. The van der Waals surface area contributed by atoms with Crippen molar-refractivity contribution in [1.29, 1.82) is 0 Å². The summed E-state index contributed by atoms with van der Waals surface area (Å²) in [5.41, 5.74) is 0.581. The molecule has 0 spiro atoms. The number of benzene rings is 1. The van der Waals surface area contributed by atoms with E-state index < -0.39 is 5.97 Å². The average Bonchev–Trinajstić information content (AvgIpc) is 2.31. The third kappa shape index (κ3) is 2.73. The third-order valence-corrected chi connectivity index (χ3v) is 2.86. The monoisotopic (exact) mass is 268 g/mol. The number of carboxylic acids is 1. The molecule has 0 radical (unpaired) electrons. The molecule has 0 aliphatic carbocycles. The average molecular weight is 269 g/mol. The lowest BCUT2D eigenvalue weighted by Gasteiger charge is -2.29. The summed E-state index contributed by atoms with van der Waals surface area (Å²) in [7, 11) is 0. The van der Waals surface area contributed by atoms with Crippen LogP contribution in [0.1, 0.15) is 12.8 Å². The molecule has 0 bridgehead atoms. The molecule has 6 heteroatoms. The highest BCUT2D eigenvalue weighted by Gasteiger charge is 2.25. The molecule has 1 aromatic carbocycles. The molecule has 2 rings (SSSR count). The number of amides is 1. The number of nitrogens with zero attached hydrogens (tertiary/aromatic N) is 1. The van der Waals surface area contributed by atoms with Crippen molar-refractivity contribution < 1.29 is 19.4 Å². The number of hydrogen-bond donors (Lipinski definition) is 0. The Bertz CT molecular complexity index is 489. The summed E-state index contributed by atoms with van der Waals surface area (Å²) in [5.74, 6) is -0.752. The van der Waals surface area contributed by atoms with Gasteiger partial charge in [-0.2, -0.15) is 0 Å². The fourth-order valence-electron chi connectivity index (χ4n) is 1.80. The number of ether oxygens (including phenoxy) is 1. The number of rotatable bonds is 4. The molecule has 0 fully saturated rings. The molecule has 0 aromatic heterocycles. The van der Waals surface area contributed by atoms with Crippen molar-refractivity contribution >= 4 is 29.2 Å². The van der Waals surface area contributed by atoms with Crippen molar-refractivity contribution in [2.75, 3.05) is 18.1 Å². The van der Waals surface area contributed by atoms with E-state index in [0.29, 0.717) is 29.4 Å². The summed E-state index contributed by atoms with van der Waals surface area (Å²) >= 11 is 5.88. The minimum Gasteiger partial charge on any atom is -0.550 e. The number of anilines is 1. The maximum Gasteiger partial charge on any atom is 0.265 e. The minimum absolute atomic E-state index is 0.0417. The van der Waals surface area contributed by atoms with Gasteiger partial charge in [0, 0.05) is 17.5 Å². The van der Waals surface area contributed by atoms with Gasteiger partial charge < -0.3 is 19.5 Å². The number of carbonyl (C=O) groups excluding carboxylic acids is 2. The first kappa shape index (κ1) is 12.7. The molecule has 5 nitrogen and oxygen atoms in total. The minimum atomic E-state index is -1.12. The van der Waals surface area contributed by atoms with Crippen molar-refractivity contribution in [3.05, 3.63) is 23.2 Å². The smallest absolute Gasteiger partial charge is 0.265 e. The van der Waals surface area contributed by atoms with Crippen molar-refractivity contribution in [1.82, 2.24) is 0 Å². The first-order valence-corrected chi connectivity index (χ1v) is 5.88. The zero-order valence-electron chi connectivity index (χ0n) is 9.52. The second kappa shape index (κ2) is 5.27. The van der Waals surface area contributed by atoms with Gasteiger partial charge in [0.1, 0.15) is 5.75 Å². The lowest BCUT2D eigenvalue weighted by molar-refractivity contribution is -0.305. The molecule has 0 atom stereocenters. The highest BCUT2D eigenvalue weighted by Crippen LogP contribution is 2.34. The van der Waals surface area contributed by atoms with Crippen molar-refractivity contribution in [3.8, 4) is 5.75 Å². The second-order valence-corrected chi connectivity index (χ2v) is 4.36. The van der Waals surface area contributed by atoms with Crippen LogP contribution < -0.4 is 14.7 Å². The van der Waals surface area contributed by atoms with E-state index in [1.165, 1.54) is 4.90 Å². The van der Waals surface area contributed by atoms with Gasteiger partial charge in [-0.05, 0) is 31.0 Å². The van der Waals surface area contributed by atoms with Gasteiger partial charge in [0.25, 0.3) is 5.91 Å². The zero-order chi connectivity index (χ0) is 13.1. The Morgan fingerprint density at radius 3 is 3.00 bits per heavy atom. The molecule has 96 valence electrons. The molecule has 1 aliphatic rings. The van der Waals surface area contributed by atoms with Crippen molar-refractivity contribution in [2.45, 2.75) is 12.8 Å². The molecule has 18 heavy (non-hydrogen) atoms. The molecule has 0 saturated heterocycles. The van der Waals surface area contributed by atoms with E-state index >= 15 is 0 Å². The van der Waals surface area contributed by atoms with Crippen LogP contribution in [0.3, 0.4) is 0 Å². The summed E-state index contributed by atoms with van der Waals surface area (Å²) in [5, 5.41) is 10.9. The standard InChI is InChI=1S/C12H12ClNO4/c13-8-3-4-10-9(6-8)14(11(15)7-18-10)5-1-2-12(16)17/h3-4,6H,1-2,5,7H2,(H,16,17)/p-1. The van der Waals surface area contributed by atoms with E-state index in [9.17, 15) is 14.7 Å². The van der Waals surface area contributed by atoms with Gasteiger partial charge >= 0.3 is 0 Å². The molecule has 1 amide bonds. The Morgan fingerprint density at radius 1 is 1.50 bits per heavy atom. The number of fused-ring (bicyclic) bond motifs is 1. The number of carboxylic acid groups (broad SMARTS) is 1. The van der Waals surface area contributed by atoms with Crippen LogP contribution in [0.25, 0.3) is 0 Å². The van der Waals surface area contributed by atoms with E-state index in [2.05, 4.69) is 0 Å². The largest absolute Gasteiger partial charge is 0.550 e. The van der Waals surface area contributed by atoms with Crippen LogP contribution in [0.5, 0.6) is 5.75 Å². The summed E-state index contributed by atoms with van der Waals surface area (Å²) in [6.07, 6.45) is 0.251. The molecule has 1 heterocycles. The molecule has 0 unspecified atom stereocenters. The highest BCUT2D eigenvalue weighted by molar-refractivity contribution is 6.31. The molecule has 1 aromatic rings. The summed E-state index contributed by atoms with van der Waals surface area (Å²) < 4.78 is 5.27. The third-order valence-electron chi connectivity index (χ3n) is 2.63. The van der Waals surface area contributed by atoms with E-state index in [0.717, 1.165) is 0 Å². The fraction of sp³-hybridized carbons (Fsp3) is 0.333. The number of hydrogen-bond acceptors (Lipinski definition) is 4. The Hall–Kier alpha value is -1.75. The first-order chi connectivity index (χ1) is 8.58. The Balaban J connectivity index is 2.16. The van der Waals surface area contributed by atoms with Gasteiger partial charge in [-0.25, -0.2) is 0 Å². The van der Waals surface area contributed by atoms with Crippen LogP contribution >= 0.6 is 11.6 Å². The van der Waals surface area contributed by atoms with Crippen molar-refractivity contribution in [3.63, 3.8) is 0 Å². The van der Waals surface area contributed by atoms with E-state index in [-0.39, 0.29) is 18.9 Å².